The molecule has 2 aromatic carbocycles. The molecule has 6 nitrogen and oxygen atoms in total. The molecule has 0 radical (unpaired) electrons. The number of halogens is 1. The van der Waals surface area contributed by atoms with Crippen molar-refractivity contribution in [3.63, 3.8) is 0 Å². The van der Waals surface area contributed by atoms with E-state index in [1.165, 1.54) is 18.2 Å². The number of hydrogen-bond acceptors (Lipinski definition) is 5. The van der Waals surface area contributed by atoms with Crippen LogP contribution in [0.3, 0.4) is 0 Å². The van der Waals surface area contributed by atoms with Gasteiger partial charge in [-0.1, -0.05) is 30.3 Å². The number of nitriles is 1. The second-order valence-electron chi connectivity index (χ2n) is 5.34. The molecule has 0 aliphatic carbocycles. The summed E-state index contributed by atoms with van der Waals surface area (Å²) >= 11 is 6.13. The molecule has 0 atom stereocenters. The molecule has 2 aromatic rings. The fourth-order valence-electron chi connectivity index (χ4n) is 2.17. The molecule has 0 aromatic heterocycles. The Morgan fingerprint density at radius 3 is 2.59 bits per heavy atom. The molecule has 138 valence electrons. The maximum atomic E-state index is 12.4. The fraction of sp³-hybridized carbons (Fsp3) is 0.150. The third-order valence-electron chi connectivity index (χ3n) is 3.48. The standard InChI is InChI=1S/C20H17ClN2O4/c1-3-18(24)23-12-13-5-7-15(8-6-13)20(25)27-19-16(21)9-14(11-22)10-17(19)26-4-2/h3,5-10H,1,4,12H2,2H3,(H,23,24). The third kappa shape index (κ3) is 5.33. The van der Waals surface area contributed by atoms with Gasteiger partial charge < -0.3 is 14.8 Å². The lowest BCUT2D eigenvalue weighted by atomic mass is 10.1. The molecule has 0 aliphatic heterocycles. The Bertz CT molecular complexity index is 901. The highest BCUT2D eigenvalue weighted by molar-refractivity contribution is 6.32. The van der Waals surface area contributed by atoms with Gasteiger partial charge in [-0.05, 0) is 36.8 Å². The maximum Gasteiger partial charge on any atom is 0.343 e. The Morgan fingerprint density at radius 2 is 2.00 bits per heavy atom. The highest BCUT2D eigenvalue weighted by Crippen LogP contribution is 2.37. The van der Waals surface area contributed by atoms with E-state index in [-0.39, 0.29) is 22.4 Å². The first-order valence-electron chi connectivity index (χ1n) is 8.06. The fourth-order valence-corrected chi connectivity index (χ4v) is 2.42. The van der Waals surface area contributed by atoms with Gasteiger partial charge in [0.25, 0.3) is 0 Å². The van der Waals surface area contributed by atoms with Crippen LogP contribution in [0.2, 0.25) is 5.02 Å². The van der Waals surface area contributed by atoms with Crippen LogP contribution in [0, 0.1) is 11.3 Å². The topological polar surface area (TPSA) is 88.4 Å². The van der Waals surface area contributed by atoms with Gasteiger partial charge in [-0.3, -0.25) is 4.79 Å². The molecular weight excluding hydrogens is 368 g/mol. The van der Waals surface area contributed by atoms with E-state index in [0.717, 1.165) is 5.56 Å². The van der Waals surface area contributed by atoms with Gasteiger partial charge in [-0.15, -0.1) is 0 Å². The zero-order valence-corrected chi connectivity index (χ0v) is 15.4. The van der Waals surface area contributed by atoms with Crippen LogP contribution in [-0.2, 0) is 11.3 Å². The molecule has 1 N–H and O–H groups in total. The van der Waals surface area contributed by atoms with Crippen molar-refractivity contribution >= 4 is 23.5 Å². The van der Waals surface area contributed by atoms with E-state index in [0.29, 0.717) is 24.3 Å². The summed E-state index contributed by atoms with van der Waals surface area (Å²) < 4.78 is 10.8. The number of carbonyl (C=O) groups excluding carboxylic acids is 2. The molecule has 27 heavy (non-hydrogen) atoms. The first-order chi connectivity index (χ1) is 13.0. The number of esters is 1. The quantitative estimate of drug-likeness (QED) is 0.447. The minimum atomic E-state index is -0.621. The number of amides is 1. The Morgan fingerprint density at radius 1 is 1.30 bits per heavy atom. The molecule has 0 aliphatic rings. The number of ether oxygens (including phenoxy) is 2. The Kier molecular flexibility index (Phi) is 6.98. The highest BCUT2D eigenvalue weighted by atomic mass is 35.5. The van der Waals surface area contributed by atoms with Gasteiger partial charge in [-0.25, -0.2) is 4.79 Å². The largest absolute Gasteiger partial charge is 0.490 e. The van der Waals surface area contributed by atoms with Crippen molar-refractivity contribution in [1.29, 1.82) is 5.26 Å². The van der Waals surface area contributed by atoms with Gasteiger partial charge in [0.15, 0.2) is 11.5 Å². The molecule has 0 unspecified atom stereocenters. The van der Waals surface area contributed by atoms with Crippen molar-refractivity contribution in [2.24, 2.45) is 0 Å². The molecule has 0 bridgehead atoms. The first-order valence-corrected chi connectivity index (χ1v) is 8.44. The van der Waals surface area contributed by atoms with E-state index in [9.17, 15) is 9.59 Å². The second-order valence-corrected chi connectivity index (χ2v) is 5.75. The lowest BCUT2D eigenvalue weighted by Crippen LogP contribution is -2.20. The van der Waals surface area contributed by atoms with Gasteiger partial charge in [0.05, 0.1) is 28.8 Å². The van der Waals surface area contributed by atoms with Crippen LogP contribution < -0.4 is 14.8 Å². The average Bonchev–Trinajstić information content (AvgIpc) is 2.68. The highest BCUT2D eigenvalue weighted by Gasteiger charge is 2.17. The van der Waals surface area contributed by atoms with Crippen LogP contribution in [-0.4, -0.2) is 18.5 Å². The Labute approximate surface area is 162 Å². The summed E-state index contributed by atoms with van der Waals surface area (Å²) in [6.07, 6.45) is 1.18. The number of nitrogens with one attached hydrogen (secondary N) is 1. The lowest BCUT2D eigenvalue weighted by molar-refractivity contribution is -0.116. The van der Waals surface area contributed by atoms with Crippen molar-refractivity contribution < 1.29 is 19.1 Å². The zero-order chi connectivity index (χ0) is 19.8. The molecule has 1 amide bonds. The van der Waals surface area contributed by atoms with Crippen LogP contribution in [0.25, 0.3) is 0 Å². The van der Waals surface area contributed by atoms with Gasteiger partial charge in [0, 0.05) is 12.6 Å². The number of nitrogens with zero attached hydrogens (tertiary/aromatic N) is 1. The first kappa shape index (κ1) is 20.0. The molecule has 0 heterocycles. The average molecular weight is 385 g/mol. The van der Waals surface area contributed by atoms with Gasteiger partial charge >= 0.3 is 5.97 Å². The molecular formula is C20H17ClN2O4. The van der Waals surface area contributed by atoms with E-state index >= 15 is 0 Å². The number of hydrogen-bond donors (Lipinski definition) is 1. The lowest BCUT2D eigenvalue weighted by Gasteiger charge is -2.13. The minimum absolute atomic E-state index is 0.0600. The third-order valence-corrected chi connectivity index (χ3v) is 3.76. The Balaban J connectivity index is 2.16. The van der Waals surface area contributed by atoms with E-state index in [1.807, 2.05) is 6.07 Å². The summed E-state index contributed by atoms with van der Waals surface area (Å²) in [7, 11) is 0. The summed E-state index contributed by atoms with van der Waals surface area (Å²) in [6, 6.07) is 11.4. The molecule has 0 spiro atoms. The van der Waals surface area contributed by atoms with Crippen LogP contribution >= 0.6 is 11.6 Å². The van der Waals surface area contributed by atoms with E-state index in [2.05, 4.69) is 11.9 Å². The van der Waals surface area contributed by atoms with Crippen LogP contribution in [0.4, 0.5) is 0 Å². The van der Waals surface area contributed by atoms with Gasteiger partial charge in [-0.2, -0.15) is 5.26 Å². The van der Waals surface area contributed by atoms with E-state index in [4.69, 9.17) is 26.3 Å². The summed E-state index contributed by atoms with van der Waals surface area (Å²) in [4.78, 5) is 23.6. The predicted molar refractivity (Wildman–Crippen MR) is 101 cm³/mol. The van der Waals surface area contributed by atoms with E-state index < -0.39 is 5.97 Å². The summed E-state index contributed by atoms with van der Waals surface area (Å²) in [5.74, 6) is -0.620. The summed E-state index contributed by atoms with van der Waals surface area (Å²) in [5.41, 5.74) is 1.42. The van der Waals surface area contributed by atoms with E-state index in [1.54, 1.807) is 31.2 Å². The van der Waals surface area contributed by atoms with Crippen molar-refractivity contribution in [1.82, 2.24) is 5.32 Å². The normalized spacial score (nSPS) is 9.81. The molecule has 2 rings (SSSR count). The number of rotatable bonds is 7. The van der Waals surface area contributed by atoms with Gasteiger partial charge in [0.1, 0.15) is 0 Å². The van der Waals surface area contributed by atoms with Gasteiger partial charge in [0.2, 0.25) is 5.91 Å². The van der Waals surface area contributed by atoms with Crippen LogP contribution in [0.1, 0.15) is 28.4 Å². The smallest absolute Gasteiger partial charge is 0.343 e. The maximum absolute atomic E-state index is 12.4. The van der Waals surface area contributed by atoms with Crippen molar-refractivity contribution in [2.45, 2.75) is 13.5 Å². The Hall–Kier alpha value is -3.30. The second kappa shape index (κ2) is 9.41. The zero-order valence-electron chi connectivity index (χ0n) is 14.6. The van der Waals surface area contributed by atoms with Crippen molar-refractivity contribution in [3.8, 4) is 17.6 Å². The van der Waals surface area contributed by atoms with Crippen molar-refractivity contribution in [3.05, 3.63) is 70.8 Å². The minimum Gasteiger partial charge on any atom is -0.490 e. The number of benzene rings is 2. The summed E-state index contributed by atoms with van der Waals surface area (Å²) in [5, 5.41) is 11.8. The molecule has 7 heteroatoms. The predicted octanol–water partition coefficient (Wildman–Crippen LogP) is 3.63. The molecule has 0 fully saturated rings. The van der Waals surface area contributed by atoms with Crippen LogP contribution in [0.5, 0.6) is 11.5 Å². The van der Waals surface area contributed by atoms with Crippen molar-refractivity contribution in [2.75, 3.05) is 6.61 Å². The summed E-state index contributed by atoms with van der Waals surface area (Å²) in [6.45, 7) is 5.78. The van der Waals surface area contributed by atoms with Crippen LogP contribution in [0.15, 0.2) is 49.1 Å². The molecule has 0 saturated carbocycles. The number of carbonyl (C=O) groups is 2. The molecule has 0 saturated heterocycles. The monoisotopic (exact) mass is 384 g/mol. The SMILES string of the molecule is C=CC(=O)NCc1ccc(C(=O)Oc2c(Cl)cc(C#N)cc2OCC)cc1.